The molecule has 2 rings (SSSR count). The summed E-state index contributed by atoms with van der Waals surface area (Å²) in [5.41, 5.74) is 0.187. The molecule has 0 radical (unpaired) electrons. The second-order valence-corrected chi connectivity index (χ2v) is 6.39. The van der Waals surface area contributed by atoms with E-state index in [1.165, 1.54) is 0 Å². The third kappa shape index (κ3) is 5.51. The number of hydrogen-bond donors (Lipinski definition) is 2. The largest absolute Gasteiger partial charge is 0.434 e. The Morgan fingerprint density at radius 3 is 2.65 bits per heavy atom. The number of aliphatic imine (C=N–C) groups is 1. The molecule has 0 bridgehead atoms. The first-order chi connectivity index (χ1) is 10.9. The zero-order chi connectivity index (χ0) is 16.9. The van der Waals surface area contributed by atoms with Crippen molar-refractivity contribution in [2.75, 3.05) is 7.05 Å². The van der Waals surface area contributed by atoms with Gasteiger partial charge in [0, 0.05) is 23.4 Å². The van der Waals surface area contributed by atoms with Gasteiger partial charge in [-0.2, -0.15) is 13.2 Å². The topological polar surface area (TPSA) is 49.3 Å². The van der Waals surface area contributed by atoms with Gasteiger partial charge in [-0.25, -0.2) is 4.98 Å². The monoisotopic (exact) mass is 406 g/mol. The van der Waals surface area contributed by atoms with Crippen molar-refractivity contribution in [2.24, 2.45) is 4.99 Å². The van der Waals surface area contributed by atoms with Crippen LogP contribution in [0.3, 0.4) is 0 Å². The van der Waals surface area contributed by atoms with E-state index in [4.69, 9.17) is 0 Å². The van der Waals surface area contributed by atoms with Gasteiger partial charge in [-0.05, 0) is 17.7 Å². The standard InChI is InChI=1S/C14H14BrF3N4S/c1-19-13(20-6-9-3-2-4-10(15)5-9)21-7-12-22-11(8-23-12)14(16,17)18/h2-5,8H,6-7H2,1H3,(H2,19,20,21). The van der Waals surface area contributed by atoms with Crippen molar-refractivity contribution in [1.82, 2.24) is 15.6 Å². The normalized spacial score (nSPS) is 12.3. The van der Waals surface area contributed by atoms with Crippen LogP contribution in [0.4, 0.5) is 13.2 Å². The van der Waals surface area contributed by atoms with Crippen molar-refractivity contribution in [3.63, 3.8) is 0 Å². The molecular weight excluding hydrogens is 393 g/mol. The fraction of sp³-hybridized carbons (Fsp3) is 0.286. The molecule has 0 saturated carbocycles. The number of hydrogen-bond acceptors (Lipinski definition) is 3. The number of guanidine groups is 1. The highest BCUT2D eigenvalue weighted by Crippen LogP contribution is 2.29. The maximum Gasteiger partial charge on any atom is 0.434 e. The van der Waals surface area contributed by atoms with Crippen molar-refractivity contribution in [2.45, 2.75) is 19.3 Å². The molecule has 23 heavy (non-hydrogen) atoms. The minimum atomic E-state index is -4.41. The molecule has 124 valence electrons. The van der Waals surface area contributed by atoms with Crippen LogP contribution >= 0.6 is 27.3 Å². The van der Waals surface area contributed by atoms with Gasteiger partial charge in [0.05, 0.1) is 6.54 Å². The molecule has 2 N–H and O–H groups in total. The maximum atomic E-state index is 12.5. The fourth-order valence-corrected chi connectivity index (χ4v) is 2.92. The van der Waals surface area contributed by atoms with E-state index in [2.05, 4.69) is 36.5 Å². The Morgan fingerprint density at radius 1 is 1.30 bits per heavy atom. The molecule has 1 heterocycles. The van der Waals surface area contributed by atoms with Crippen molar-refractivity contribution >= 4 is 33.2 Å². The van der Waals surface area contributed by atoms with Gasteiger partial charge in [0.15, 0.2) is 11.7 Å². The van der Waals surface area contributed by atoms with E-state index < -0.39 is 11.9 Å². The molecule has 0 aliphatic carbocycles. The number of benzene rings is 1. The summed E-state index contributed by atoms with van der Waals surface area (Å²) in [4.78, 5) is 7.59. The van der Waals surface area contributed by atoms with Crippen molar-refractivity contribution in [3.8, 4) is 0 Å². The van der Waals surface area contributed by atoms with Crippen LogP contribution in [-0.4, -0.2) is 18.0 Å². The first kappa shape index (κ1) is 17.7. The highest BCUT2D eigenvalue weighted by Gasteiger charge is 2.33. The van der Waals surface area contributed by atoms with Gasteiger partial charge in [0.25, 0.3) is 0 Å². The molecule has 0 amide bonds. The molecule has 0 aliphatic rings. The quantitative estimate of drug-likeness (QED) is 0.599. The average Bonchev–Trinajstić information content (AvgIpc) is 2.96. The van der Waals surface area contributed by atoms with E-state index in [0.717, 1.165) is 26.8 Å². The predicted molar refractivity (Wildman–Crippen MR) is 88.3 cm³/mol. The van der Waals surface area contributed by atoms with Crippen LogP contribution in [0.2, 0.25) is 0 Å². The zero-order valence-electron chi connectivity index (χ0n) is 12.1. The third-order valence-electron chi connectivity index (χ3n) is 2.82. The molecule has 0 unspecified atom stereocenters. The lowest BCUT2D eigenvalue weighted by molar-refractivity contribution is -0.140. The summed E-state index contributed by atoms with van der Waals surface area (Å²) in [6, 6.07) is 7.78. The smallest absolute Gasteiger partial charge is 0.352 e. The van der Waals surface area contributed by atoms with Gasteiger partial charge in [-0.1, -0.05) is 28.1 Å². The molecule has 9 heteroatoms. The SMILES string of the molecule is CN=C(NCc1cccc(Br)c1)NCc1nc(C(F)(F)F)cs1. The molecule has 0 fully saturated rings. The predicted octanol–water partition coefficient (Wildman–Crippen LogP) is 3.79. The molecule has 0 aliphatic heterocycles. The Labute approximate surface area is 144 Å². The Kier molecular flexibility index (Phi) is 6.00. The Balaban J connectivity index is 1.87. The fourth-order valence-electron chi connectivity index (χ4n) is 1.73. The first-order valence-electron chi connectivity index (χ1n) is 6.59. The Morgan fingerprint density at radius 2 is 2.04 bits per heavy atom. The highest BCUT2D eigenvalue weighted by molar-refractivity contribution is 9.10. The van der Waals surface area contributed by atoms with Crippen molar-refractivity contribution in [1.29, 1.82) is 0 Å². The third-order valence-corrected chi connectivity index (χ3v) is 4.16. The Hall–Kier alpha value is -1.61. The summed E-state index contributed by atoms with van der Waals surface area (Å²) < 4.78 is 38.4. The molecular formula is C14H14BrF3N4S. The van der Waals surface area contributed by atoms with Crippen LogP contribution in [0.1, 0.15) is 16.3 Å². The lowest BCUT2D eigenvalue weighted by Gasteiger charge is -2.11. The minimum absolute atomic E-state index is 0.179. The molecule has 0 spiro atoms. The number of aromatic nitrogens is 1. The van der Waals surface area contributed by atoms with Crippen LogP contribution in [0.25, 0.3) is 0 Å². The van der Waals surface area contributed by atoms with Gasteiger partial charge in [-0.3, -0.25) is 4.99 Å². The van der Waals surface area contributed by atoms with E-state index in [9.17, 15) is 13.2 Å². The van der Waals surface area contributed by atoms with E-state index in [1.807, 2.05) is 24.3 Å². The van der Waals surface area contributed by atoms with Gasteiger partial charge >= 0.3 is 6.18 Å². The van der Waals surface area contributed by atoms with Gasteiger partial charge in [0.2, 0.25) is 0 Å². The van der Waals surface area contributed by atoms with E-state index in [1.54, 1.807) is 7.05 Å². The van der Waals surface area contributed by atoms with Crippen molar-refractivity contribution in [3.05, 3.63) is 50.4 Å². The van der Waals surface area contributed by atoms with Crippen LogP contribution in [0.15, 0.2) is 39.1 Å². The zero-order valence-corrected chi connectivity index (χ0v) is 14.5. The molecule has 1 aromatic heterocycles. The van der Waals surface area contributed by atoms with Gasteiger partial charge < -0.3 is 10.6 Å². The second-order valence-electron chi connectivity index (χ2n) is 4.53. The highest BCUT2D eigenvalue weighted by atomic mass is 79.9. The van der Waals surface area contributed by atoms with E-state index in [0.29, 0.717) is 17.5 Å². The maximum absolute atomic E-state index is 12.5. The summed E-state index contributed by atoms with van der Waals surface area (Å²) in [7, 11) is 1.60. The van der Waals surface area contributed by atoms with E-state index >= 15 is 0 Å². The van der Waals surface area contributed by atoms with Crippen LogP contribution in [-0.2, 0) is 19.3 Å². The van der Waals surface area contributed by atoms with Crippen molar-refractivity contribution < 1.29 is 13.2 Å². The minimum Gasteiger partial charge on any atom is -0.352 e. The van der Waals surface area contributed by atoms with E-state index in [-0.39, 0.29) is 6.54 Å². The van der Waals surface area contributed by atoms with Crippen LogP contribution < -0.4 is 10.6 Å². The summed E-state index contributed by atoms with van der Waals surface area (Å²) in [6.07, 6.45) is -4.41. The molecule has 2 aromatic rings. The summed E-state index contributed by atoms with van der Waals surface area (Å²) in [5, 5.41) is 7.39. The Bertz CT molecular complexity index is 685. The van der Waals surface area contributed by atoms with Gasteiger partial charge in [-0.15, -0.1) is 11.3 Å². The average molecular weight is 407 g/mol. The first-order valence-corrected chi connectivity index (χ1v) is 8.26. The summed E-state index contributed by atoms with van der Waals surface area (Å²) in [5.74, 6) is 0.494. The summed E-state index contributed by atoms with van der Waals surface area (Å²) in [6.45, 7) is 0.726. The van der Waals surface area contributed by atoms with Crippen LogP contribution in [0, 0.1) is 0 Å². The number of rotatable bonds is 4. The number of thiazole rings is 1. The second kappa shape index (κ2) is 7.78. The number of halogens is 4. The molecule has 4 nitrogen and oxygen atoms in total. The van der Waals surface area contributed by atoms with Crippen LogP contribution in [0.5, 0.6) is 0 Å². The number of alkyl halides is 3. The molecule has 0 saturated heterocycles. The lowest BCUT2D eigenvalue weighted by Crippen LogP contribution is -2.36. The van der Waals surface area contributed by atoms with Gasteiger partial charge in [0.1, 0.15) is 5.01 Å². The molecule has 1 aromatic carbocycles. The summed E-state index contributed by atoms with van der Waals surface area (Å²) >= 11 is 4.36. The lowest BCUT2D eigenvalue weighted by atomic mass is 10.2. The number of nitrogens with one attached hydrogen (secondary N) is 2. The number of nitrogens with zero attached hydrogens (tertiary/aromatic N) is 2. The molecule has 0 atom stereocenters.